The molecule has 0 heterocycles. The summed E-state index contributed by atoms with van der Waals surface area (Å²) in [4.78, 5) is 38.3. The largest absolute Gasteiger partial charge is 0.465 e. The maximum Gasteiger partial charge on any atom is 0.339 e. The first-order chi connectivity index (χ1) is 13.2. The Labute approximate surface area is 164 Å². The lowest BCUT2D eigenvalue weighted by Crippen LogP contribution is -2.30. The third-order valence-corrected chi connectivity index (χ3v) is 5.14. The molecule has 0 N–H and O–H groups in total. The van der Waals surface area contributed by atoms with Crippen molar-refractivity contribution in [2.45, 2.75) is 33.6 Å². The van der Waals surface area contributed by atoms with Gasteiger partial charge in [-0.25, -0.2) is 9.59 Å². The number of hydrogen-bond acceptors (Lipinski definition) is 5. The maximum absolute atomic E-state index is 12.9. The van der Waals surface area contributed by atoms with Crippen molar-refractivity contribution < 1.29 is 23.9 Å². The molecule has 2 aromatic rings. The molecule has 1 aliphatic rings. The SMILES string of the molecule is COC(=O)c1c(-c2ccc(C)cc2)cc2c(c1C(=O)OC)C(=O)CC(C)(C)C2. The van der Waals surface area contributed by atoms with E-state index in [1.165, 1.54) is 14.2 Å². The van der Waals surface area contributed by atoms with Crippen LogP contribution in [0.2, 0.25) is 0 Å². The van der Waals surface area contributed by atoms with Gasteiger partial charge in [0, 0.05) is 12.0 Å². The molecule has 146 valence electrons. The summed E-state index contributed by atoms with van der Waals surface area (Å²) in [6.45, 7) is 6.01. The number of rotatable bonds is 3. The number of benzene rings is 2. The van der Waals surface area contributed by atoms with Crippen molar-refractivity contribution in [3.05, 3.63) is 58.1 Å². The van der Waals surface area contributed by atoms with Crippen LogP contribution in [-0.2, 0) is 15.9 Å². The molecule has 0 unspecified atom stereocenters. The Balaban J connectivity index is 2.42. The first-order valence-electron chi connectivity index (χ1n) is 9.15. The molecule has 0 saturated carbocycles. The highest BCUT2D eigenvalue weighted by molar-refractivity contribution is 6.16. The van der Waals surface area contributed by atoms with Gasteiger partial charge in [-0.05, 0) is 41.5 Å². The fourth-order valence-corrected chi connectivity index (χ4v) is 3.88. The van der Waals surface area contributed by atoms with Gasteiger partial charge in [-0.2, -0.15) is 0 Å². The number of methoxy groups -OCH3 is 2. The van der Waals surface area contributed by atoms with Crippen LogP contribution >= 0.6 is 0 Å². The standard InChI is InChI=1S/C23H24O5/c1-13-6-8-14(9-7-13)16-10-15-11-23(2,3)12-17(24)18(15)20(22(26)28-5)19(16)21(25)27-4/h6-10H,11-12H2,1-5H3. The number of fused-ring (bicyclic) bond motifs is 1. The number of ketones is 1. The van der Waals surface area contributed by atoms with Gasteiger partial charge in [-0.3, -0.25) is 4.79 Å². The van der Waals surface area contributed by atoms with Crippen molar-refractivity contribution in [2.75, 3.05) is 14.2 Å². The van der Waals surface area contributed by atoms with Gasteiger partial charge in [-0.15, -0.1) is 0 Å². The molecule has 5 heteroatoms. The van der Waals surface area contributed by atoms with Crippen LogP contribution < -0.4 is 0 Å². The molecule has 2 aromatic carbocycles. The van der Waals surface area contributed by atoms with Crippen molar-refractivity contribution in [1.29, 1.82) is 0 Å². The van der Waals surface area contributed by atoms with E-state index in [1.807, 2.05) is 51.1 Å². The van der Waals surface area contributed by atoms with E-state index in [0.29, 0.717) is 18.4 Å². The first-order valence-corrected chi connectivity index (χ1v) is 9.15. The molecular formula is C23H24O5. The molecule has 0 aromatic heterocycles. The fourth-order valence-electron chi connectivity index (χ4n) is 3.88. The first kappa shape index (κ1) is 19.8. The van der Waals surface area contributed by atoms with E-state index >= 15 is 0 Å². The molecule has 0 spiro atoms. The zero-order valence-corrected chi connectivity index (χ0v) is 16.8. The number of carbonyl (C=O) groups excluding carboxylic acids is 3. The Kier molecular flexibility index (Phi) is 5.11. The van der Waals surface area contributed by atoms with Crippen molar-refractivity contribution in [3.63, 3.8) is 0 Å². The van der Waals surface area contributed by atoms with Crippen LogP contribution in [0.25, 0.3) is 11.1 Å². The highest BCUT2D eigenvalue weighted by atomic mass is 16.5. The van der Waals surface area contributed by atoms with E-state index in [9.17, 15) is 14.4 Å². The molecule has 0 bridgehead atoms. The second-order valence-electron chi connectivity index (χ2n) is 8.00. The number of Topliss-reactive ketones (excluding diaryl/α,β-unsaturated/α-hetero) is 1. The summed E-state index contributed by atoms with van der Waals surface area (Å²) in [7, 11) is 2.50. The topological polar surface area (TPSA) is 69.7 Å². The number of aryl methyl sites for hydroxylation is 1. The zero-order chi connectivity index (χ0) is 20.6. The predicted octanol–water partition coefficient (Wildman–Crippen LogP) is 4.39. The summed E-state index contributed by atoms with van der Waals surface area (Å²) in [5.41, 5.74) is 3.30. The lowest BCUT2D eigenvalue weighted by molar-refractivity contribution is 0.0553. The molecule has 0 amide bonds. The third-order valence-electron chi connectivity index (χ3n) is 5.14. The Morgan fingerprint density at radius 1 is 0.929 bits per heavy atom. The van der Waals surface area contributed by atoms with Crippen LogP contribution in [0.3, 0.4) is 0 Å². The summed E-state index contributed by atoms with van der Waals surface area (Å²) in [5, 5.41) is 0. The number of ether oxygens (including phenoxy) is 2. The zero-order valence-electron chi connectivity index (χ0n) is 16.8. The fraction of sp³-hybridized carbons (Fsp3) is 0.348. The predicted molar refractivity (Wildman–Crippen MR) is 106 cm³/mol. The van der Waals surface area contributed by atoms with Crippen LogP contribution in [0.1, 0.15) is 62.5 Å². The van der Waals surface area contributed by atoms with Crippen LogP contribution in [0.15, 0.2) is 30.3 Å². The molecule has 0 saturated heterocycles. The third kappa shape index (κ3) is 3.44. The number of hydrogen-bond donors (Lipinski definition) is 0. The molecule has 0 radical (unpaired) electrons. The average molecular weight is 380 g/mol. The van der Waals surface area contributed by atoms with Gasteiger partial charge in [0.15, 0.2) is 5.78 Å². The summed E-state index contributed by atoms with van der Waals surface area (Å²) in [5.74, 6) is -1.54. The summed E-state index contributed by atoms with van der Waals surface area (Å²) >= 11 is 0. The van der Waals surface area contributed by atoms with E-state index in [-0.39, 0.29) is 27.9 Å². The molecule has 0 fully saturated rings. The minimum Gasteiger partial charge on any atom is -0.465 e. The van der Waals surface area contributed by atoms with Crippen molar-refractivity contribution >= 4 is 17.7 Å². The quantitative estimate of drug-likeness (QED) is 0.739. The van der Waals surface area contributed by atoms with Crippen molar-refractivity contribution in [3.8, 4) is 11.1 Å². The normalized spacial score (nSPS) is 15.0. The lowest BCUT2D eigenvalue weighted by Gasteiger charge is -2.32. The molecule has 28 heavy (non-hydrogen) atoms. The van der Waals surface area contributed by atoms with Gasteiger partial charge in [-0.1, -0.05) is 43.7 Å². The minimum absolute atomic E-state index is 0.00271. The average Bonchev–Trinajstić information content (AvgIpc) is 2.65. The van der Waals surface area contributed by atoms with Crippen LogP contribution in [0.4, 0.5) is 0 Å². The van der Waals surface area contributed by atoms with E-state index in [0.717, 1.165) is 16.7 Å². The van der Waals surface area contributed by atoms with Gasteiger partial charge in [0.1, 0.15) is 0 Å². The van der Waals surface area contributed by atoms with Crippen LogP contribution in [-0.4, -0.2) is 31.9 Å². The summed E-state index contributed by atoms with van der Waals surface area (Å²) in [6.07, 6.45) is 0.923. The van der Waals surface area contributed by atoms with E-state index in [2.05, 4.69) is 0 Å². The van der Waals surface area contributed by atoms with E-state index in [4.69, 9.17) is 9.47 Å². The van der Waals surface area contributed by atoms with Gasteiger partial charge in [0.25, 0.3) is 0 Å². The Morgan fingerprint density at radius 3 is 2.07 bits per heavy atom. The summed E-state index contributed by atoms with van der Waals surface area (Å²) < 4.78 is 9.92. The van der Waals surface area contributed by atoms with Crippen molar-refractivity contribution in [2.24, 2.45) is 5.41 Å². The highest BCUT2D eigenvalue weighted by Gasteiger charge is 2.38. The molecule has 3 rings (SSSR count). The van der Waals surface area contributed by atoms with Crippen molar-refractivity contribution in [1.82, 2.24) is 0 Å². The van der Waals surface area contributed by atoms with Gasteiger partial charge >= 0.3 is 11.9 Å². The van der Waals surface area contributed by atoms with E-state index < -0.39 is 11.9 Å². The highest BCUT2D eigenvalue weighted by Crippen LogP contribution is 2.41. The lowest BCUT2D eigenvalue weighted by atomic mass is 9.71. The van der Waals surface area contributed by atoms with Gasteiger partial charge in [0.05, 0.1) is 25.3 Å². The number of carbonyl (C=O) groups is 3. The summed E-state index contributed by atoms with van der Waals surface area (Å²) in [6, 6.07) is 9.49. The molecule has 0 atom stereocenters. The molecule has 5 nitrogen and oxygen atoms in total. The smallest absolute Gasteiger partial charge is 0.339 e. The van der Waals surface area contributed by atoms with Crippen LogP contribution in [0, 0.1) is 12.3 Å². The monoisotopic (exact) mass is 380 g/mol. The Bertz CT molecular complexity index is 967. The maximum atomic E-state index is 12.9. The Hall–Kier alpha value is -2.95. The molecule has 1 aliphatic carbocycles. The second kappa shape index (κ2) is 7.23. The van der Waals surface area contributed by atoms with Gasteiger partial charge in [0.2, 0.25) is 0 Å². The van der Waals surface area contributed by atoms with Gasteiger partial charge < -0.3 is 9.47 Å². The number of esters is 2. The minimum atomic E-state index is -0.710. The van der Waals surface area contributed by atoms with Crippen LogP contribution in [0.5, 0.6) is 0 Å². The molecule has 0 aliphatic heterocycles. The Morgan fingerprint density at radius 2 is 1.50 bits per heavy atom. The van der Waals surface area contributed by atoms with E-state index in [1.54, 1.807) is 0 Å². The molecular weight excluding hydrogens is 356 g/mol. The second-order valence-corrected chi connectivity index (χ2v) is 8.00.